The van der Waals surface area contributed by atoms with E-state index >= 15 is 0 Å². The quantitative estimate of drug-likeness (QED) is 0.486. The zero-order valence-corrected chi connectivity index (χ0v) is 14.4. The Balaban J connectivity index is 1.76. The molecule has 4 aliphatic rings. The minimum atomic E-state index is -3.91. The monoisotopic (exact) mass is 382 g/mol. The first-order chi connectivity index (χ1) is 11.4. The van der Waals surface area contributed by atoms with Crippen molar-refractivity contribution in [1.29, 1.82) is 0 Å². The third-order valence-corrected chi connectivity index (χ3v) is 6.48. The molecule has 0 bridgehead atoms. The van der Waals surface area contributed by atoms with Gasteiger partial charge in [0.2, 0.25) is 0 Å². The molecule has 0 saturated carbocycles. The van der Waals surface area contributed by atoms with Gasteiger partial charge in [-0.3, -0.25) is 0 Å². The van der Waals surface area contributed by atoms with Crippen LogP contribution in [0.15, 0.2) is 57.7 Å². The van der Waals surface area contributed by atoms with Crippen molar-refractivity contribution < 1.29 is 13.6 Å². The van der Waals surface area contributed by atoms with Crippen LogP contribution in [0.3, 0.4) is 0 Å². The number of benzene rings is 1. The Morgan fingerprint density at radius 2 is 2.12 bits per heavy atom. The van der Waals surface area contributed by atoms with Crippen molar-refractivity contribution >= 4 is 38.6 Å². The fourth-order valence-electron chi connectivity index (χ4n) is 2.58. The standard InChI is InChI=1S/C14H11ClN4O3S2/c15-12-13(19-5-6-23-14(19)16-12)24(21,22)17-11-2-1-10-8-18(20)4-3-9(10)7-11/h1-8,12-13,20H. The molecule has 1 N–H and O–H groups in total. The van der Waals surface area contributed by atoms with Crippen LogP contribution >= 0.6 is 23.4 Å². The third-order valence-electron chi connectivity index (χ3n) is 3.65. The highest BCUT2D eigenvalue weighted by Crippen LogP contribution is 2.34. The van der Waals surface area contributed by atoms with Crippen LogP contribution in [-0.4, -0.2) is 39.3 Å². The van der Waals surface area contributed by atoms with E-state index in [9.17, 15) is 13.6 Å². The Labute approximate surface area is 147 Å². The molecule has 0 spiro atoms. The number of rotatable bonds is 2. The molecule has 0 radical (unpaired) electrons. The number of amidine groups is 1. The molecule has 0 saturated heterocycles. The van der Waals surface area contributed by atoms with Crippen molar-refractivity contribution in [3.05, 3.63) is 53.6 Å². The first-order valence-corrected chi connectivity index (χ1v) is 9.71. The Morgan fingerprint density at radius 3 is 2.96 bits per heavy atom. The summed E-state index contributed by atoms with van der Waals surface area (Å²) in [5.74, 6) is 0. The average Bonchev–Trinajstić information content (AvgIpc) is 3.06. The van der Waals surface area contributed by atoms with Gasteiger partial charge < -0.3 is 10.1 Å². The van der Waals surface area contributed by atoms with E-state index < -0.39 is 20.9 Å². The van der Waals surface area contributed by atoms with E-state index in [1.165, 1.54) is 29.1 Å². The predicted octanol–water partition coefficient (Wildman–Crippen LogP) is 1.84. The summed E-state index contributed by atoms with van der Waals surface area (Å²) in [4.78, 5) is 5.66. The lowest BCUT2D eigenvalue weighted by atomic mass is 10.1. The van der Waals surface area contributed by atoms with Gasteiger partial charge in [-0.2, -0.15) is 4.40 Å². The maximum absolute atomic E-state index is 12.7. The number of halogens is 1. The third kappa shape index (κ3) is 2.58. The van der Waals surface area contributed by atoms with Gasteiger partial charge in [0, 0.05) is 18.0 Å². The van der Waals surface area contributed by atoms with Crippen molar-refractivity contribution in [2.75, 3.05) is 0 Å². The summed E-state index contributed by atoms with van der Waals surface area (Å²) >= 11 is 7.42. The van der Waals surface area contributed by atoms with Gasteiger partial charge in [-0.15, -0.1) is 0 Å². The van der Waals surface area contributed by atoms with Crippen molar-refractivity contribution in [2.45, 2.75) is 10.9 Å². The van der Waals surface area contributed by atoms with Crippen LogP contribution in [0.5, 0.6) is 0 Å². The molecule has 4 rings (SSSR count). The average molecular weight is 383 g/mol. The molecule has 7 nitrogen and oxygen atoms in total. The molecular formula is C14H11ClN4O3S2. The smallest absolute Gasteiger partial charge is 0.278 e. The number of thioether (sulfide) groups is 1. The number of aromatic nitrogens is 1. The fraction of sp³-hybridized carbons (Fsp3) is 0.143. The first-order valence-electron chi connectivity index (χ1n) is 6.89. The van der Waals surface area contributed by atoms with Gasteiger partial charge in [0.05, 0.1) is 11.6 Å². The lowest BCUT2D eigenvalue weighted by molar-refractivity contribution is 0.185. The second kappa shape index (κ2) is 5.54. The van der Waals surface area contributed by atoms with E-state index in [4.69, 9.17) is 11.6 Å². The summed E-state index contributed by atoms with van der Waals surface area (Å²) < 4.78 is 30.2. The minimum Gasteiger partial charge on any atom is -0.429 e. The molecule has 124 valence electrons. The van der Waals surface area contributed by atoms with Crippen molar-refractivity contribution in [1.82, 2.24) is 9.63 Å². The normalized spacial score (nSPS) is 23.8. The highest BCUT2D eigenvalue weighted by molar-refractivity contribution is 8.16. The SMILES string of the molecule is O=S(=O)(N=c1ccc2cn(O)ccc-2c1)C1C(Cl)N=C2SC=CN21. The molecule has 2 unspecified atom stereocenters. The van der Waals surface area contributed by atoms with Crippen LogP contribution in [0.25, 0.3) is 11.1 Å². The molecular weight excluding hydrogens is 372 g/mol. The lowest BCUT2D eigenvalue weighted by Crippen LogP contribution is -2.38. The van der Waals surface area contributed by atoms with E-state index in [1.807, 2.05) is 0 Å². The van der Waals surface area contributed by atoms with Crippen LogP contribution in [0.2, 0.25) is 0 Å². The Hall–Kier alpha value is -1.97. The van der Waals surface area contributed by atoms with Gasteiger partial charge in [0.15, 0.2) is 16.0 Å². The highest BCUT2D eigenvalue weighted by Gasteiger charge is 2.44. The molecule has 2 atom stereocenters. The molecule has 0 aromatic rings. The van der Waals surface area contributed by atoms with Crippen LogP contribution < -0.4 is 5.36 Å². The first kappa shape index (κ1) is 15.6. The highest BCUT2D eigenvalue weighted by atomic mass is 35.5. The number of fused-ring (bicyclic) bond motifs is 2. The Bertz CT molecular complexity index is 1010. The van der Waals surface area contributed by atoms with Crippen LogP contribution in [0.1, 0.15) is 0 Å². The summed E-state index contributed by atoms with van der Waals surface area (Å²) in [6.45, 7) is 0. The lowest BCUT2D eigenvalue weighted by Gasteiger charge is -2.19. The number of aliphatic imine (C=N–C) groups is 1. The van der Waals surface area contributed by atoms with E-state index in [0.29, 0.717) is 10.5 Å². The molecule has 0 fully saturated rings. The molecule has 10 heteroatoms. The van der Waals surface area contributed by atoms with Gasteiger partial charge in [0.1, 0.15) is 0 Å². The van der Waals surface area contributed by atoms with Crippen LogP contribution in [0.4, 0.5) is 0 Å². The Morgan fingerprint density at radius 1 is 1.29 bits per heavy atom. The Kier molecular flexibility index (Phi) is 3.59. The van der Waals surface area contributed by atoms with E-state index in [2.05, 4.69) is 9.39 Å². The summed E-state index contributed by atoms with van der Waals surface area (Å²) in [5, 5.41) is 11.0. The van der Waals surface area contributed by atoms with Crippen molar-refractivity contribution in [3.63, 3.8) is 0 Å². The largest absolute Gasteiger partial charge is 0.429 e. The number of alkyl halides is 1. The molecule has 0 aromatic heterocycles. The molecule has 0 aromatic carbocycles. The second-order valence-electron chi connectivity index (χ2n) is 5.23. The van der Waals surface area contributed by atoms with Gasteiger partial charge in [-0.1, -0.05) is 29.4 Å². The van der Waals surface area contributed by atoms with Crippen LogP contribution in [-0.2, 0) is 10.0 Å². The molecule has 3 aliphatic heterocycles. The summed E-state index contributed by atoms with van der Waals surface area (Å²) in [5.41, 5.74) is 0.621. The maximum atomic E-state index is 12.7. The topological polar surface area (TPSA) is 87.3 Å². The summed E-state index contributed by atoms with van der Waals surface area (Å²) in [7, 11) is -3.91. The second-order valence-corrected chi connectivity index (χ2v) is 8.25. The van der Waals surface area contributed by atoms with Crippen molar-refractivity contribution in [3.8, 4) is 11.1 Å². The van der Waals surface area contributed by atoms with Crippen molar-refractivity contribution in [2.24, 2.45) is 9.39 Å². The molecule has 0 amide bonds. The van der Waals surface area contributed by atoms with E-state index in [1.54, 1.807) is 35.9 Å². The van der Waals surface area contributed by atoms with Gasteiger partial charge in [-0.25, -0.2) is 18.1 Å². The molecule has 3 heterocycles. The number of sulfonamides is 1. The zero-order valence-electron chi connectivity index (χ0n) is 12.0. The summed E-state index contributed by atoms with van der Waals surface area (Å²) in [6.07, 6.45) is 4.62. The molecule has 24 heavy (non-hydrogen) atoms. The maximum Gasteiger partial charge on any atom is 0.278 e. The van der Waals surface area contributed by atoms with Crippen LogP contribution in [0, 0.1) is 0 Å². The predicted molar refractivity (Wildman–Crippen MR) is 92.2 cm³/mol. The number of hydrogen-bond acceptors (Lipinski definition) is 6. The van der Waals surface area contributed by atoms with Gasteiger partial charge >= 0.3 is 0 Å². The minimum absolute atomic E-state index is 0.298. The van der Waals surface area contributed by atoms with Gasteiger partial charge in [-0.05, 0) is 29.2 Å². The molecule has 1 aliphatic carbocycles. The van der Waals surface area contributed by atoms with E-state index in [-0.39, 0.29) is 0 Å². The summed E-state index contributed by atoms with van der Waals surface area (Å²) in [6, 6.07) is 6.58. The number of pyridine rings is 1. The van der Waals surface area contributed by atoms with Gasteiger partial charge in [0.25, 0.3) is 10.0 Å². The number of hydrogen-bond donors (Lipinski definition) is 1. The zero-order chi connectivity index (χ0) is 16.9. The fourth-order valence-corrected chi connectivity index (χ4v) is 5.41. The van der Waals surface area contributed by atoms with E-state index in [0.717, 1.165) is 15.9 Å². The number of nitrogens with zero attached hydrogens (tertiary/aromatic N) is 4.